The van der Waals surface area contributed by atoms with Gasteiger partial charge in [0.1, 0.15) is 11.6 Å². The molecule has 0 unspecified atom stereocenters. The van der Waals surface area contributed by atoms with E-state index in [1.165, 1.54) is 24.3 Å². The van der Waals surface area contributed by atoms with Crippen molar-refractivity contribution >= 4 is 17.6 Å². The maximum Gasteiger partial charge on any atom is 0.333 e. The van der Waals surface area contributed by atoms with Crippen molar-refractivity contribution in [1.29, 1.82) is 0 Å². The Hall–Kier alpha value is -3.15. The molecule has 0 aliphatic rings. The SMILES string of the molecule is C=C(C)C(=O)OCCCOc1ccc(C(=O)Nc2ccc(F)cc2)cc1. The Morgan fingerprint density at radius 1 is 1.04 bits per heavy atom. The zero-order valence-electron chi connectivity index (χ0n) is 14.5. The Morgan fingerprint density at radius 3 is 2.31 bits per heavy atom. The van der Waals surface area contributed by atoms with Gasteiger partial charge in [0.15, 0.2) is 0 Å². The number of amides is 1. The second-order valence-corrected chi connectivity index (χ2v) is 5.60. The van der Waals surface area contributed by atoms with Gasteiger partial charge in [-0.05, 0) is 55.5 Å². The third-order valence-electron chi connectivity index (χ3n) is 3.36. The Labute approximate surface area is 151 Å². The lowest BCUT2D eigenvalue weighted by atomic mass is 10.2. The van der Waals surface area contributed by atoms with Crippen molar-refractivity contribution in [3.05, 3.63) is 72.1 Å². The molecule has 0 saturated heterocycles. The van der Waals surface area contributed by atoms with Gasteiger partial charge in [-0.2, -0.15) is 0 Å². The van der Waals surface area contributed by atoms with Gasteiger partial charge in [-0.25, -0.2) is 9.18 Å². The monoisotopic (exact) mass is 357 g/mol. The van der Waals surface area contributed by atoms with Crippen LogP contribution in [0.25, 0.3) is 0 Å². The molecule has 1 N–H and O–H groups in total. The first-order valence-corrected chi connectivity index (χ1v) is 8.08. The Balaban J connectivity index is 1.76. The Bertz CT molecular complexity index is 769. The molecule has 0 aliphatic carbocycles. The summed E-state index contributed by atoms with van der Waals surface area (Å²) in [5.74, 6) is -0.468. The number of carbonyl (C=O) groups excluding carboxylic acids is 2. The molecule has 6 heteroatoms. The maximum absolute atomic E-state index is 12.9. The lowest BCUT2D eigenvalue weighted by Crippen LogP contribution is -2.12. The number of hydrogen-bond donors (Lipinski definition) is 1. The van der Waals surface area contributed by atoms with E-state index in [4.69, 9.17) is 9.47 Å². The summed E-state index contributed by atoms with van der Waals surface area (Å²) in [7, 11) is 0. The molecule has 26 heavy (non-hydrogen) atoms. The van der Waals surface area contributed by atoms with Crippen LogP contribution in [0.1, 0.15) is 23.7 Å². The molecule has 0 heterocycles. The van der Waals surface area contributed by atoms with Crippen LogP contribution in [0, 0.1) is 5.82 Å². The van der Waals surface area contributed by atoms with Gasteiger partial charge >= 0.3 is 5.97 Å². The van der Waals surface area contributed by atoms with E-state index >= 15 is 0 Å². The van der Waals surface area contributed by atoms with Crippen molar-refractivity contribution in [2.45, 2.75) is 13.3 Å². The average Bonchev–Trinajstić information content (AvgIpc) is 2.63. The fourth-order valence-electron chi connectivity index (χ4n) is 1.98. The second kappa shape index (κ2) is 9.36. The highest BCUT2D eigenvalue weighted by Gasteiger charge is 2.07. The molecule has 1 amide bonds. The van der Waals surface area contributed by atoms with Crippen molar-refractivity contribution in [2.24, 2.45) is 0 Å². The van der Waals surface area contributed by atoms with E-state index in [-0.39, 0.29) is 18.3 Å². The number of ether oxygens (including phenoxy) is 2. The molecule has 136 valence electrons. The predicted octanol–water partition coefficient (Wildman–Crippen LogP) is 3.97. The number of benzene rings is 2. The summed E-state index contributed by atoms with van der Waals surface area (Å²) in [6, 6.07) is 12.2. The van der Waals surface area contributed by atoms with E-state index in [0.717, 1.165) is 0 Å². The third kappa shape index (κ3) is 6.05. The van der Waals surface area contributed by atoms with Crippen molar-refractivity contribution in [3.63, 3.8) is 0 Å². The molecular formula is C20H20FNO4. The molecule has 0 radical (unpaired) electrons. The Kier molecular flexibility index (Phi) is 6.91. The van der Waals surface area contributed by atoms with Crippen molar-refractivity contribution in [2.75, 3.05) is 18.5 Å². The van der Waals surface area contributed by atoms with Crippen LogP contribution in [-0.2, 0) is 9.53 Å². The van der Waals surface area contributed by atoms with Crippen molar-refractivity contribution in [1.82, 2.24) is 0 Å². The minimum atomic E-state index is -0.415. The van der Waals surface area contributed by atoms with Gasteiger partial charge in [0, 0.05) is 23.2 Å². The van der Waals surface area contributed by atoms with Crippen LogP contribution in [-0.4, -0.2) is 25.1 Å². The smallest absolute Gasteiger partial charge is 0.333 e. The fourth-order valence-corrected chi connectivity index (χ4v) is 1.98. The van der Waals surface area contributed by atoms with Crippen LogP contribution < -0.4 is 10.1 Å². The minimum Gasteiger partial charge on any atom is -0.493 e. The molecule has 5 nitrogen and oxygen atoms in total. The van der Waals surface area contributed by atoms with E-state index in [1.807, 2.05) is 0 Å². The Morgan fingerprint density at radius 2 is 1.69 bits per heavy atom. The molecule has 2 aromatic carbocycles. The van der Waals surface area contributed by atoms with Crippen LogP contribution in [0.5, 0.6) is 5.75 Å². The molecule has 0 aliphatic heterocycles. The lowest BCUT2D eigenvalue weighted by molar-refractivity contribution is -0.139. The molecule has 0 fully saturated rings. The first-order valence-electron chi connectivity index (χ1n) is 8.08. The number of halogens is 1. The van der Waals surface area contributed by atoms with Crippen LogP contribution in [0.3, 0.4) is 0 Å². The molecule has 0 saturated carbocycles. The van der Waals surface area contributed by atoms with Crippen LogP contribution in [0.4, 0.5) is 10.1 Å². The van der Waals surface area contributed by atoms with Crippen molar-refractivity contribution < 1.29 is 23.5 Å². The van der Waals surface area contributed by atoms with Gasteiger partial charge in [-0.3, -0.25) is 4.79 Å². The summed E-state index contributed by atoms with van der Waals surface area (Å²) in [6.45, 7) is 5.72. The summed E-state index contributed by atoms with van der Waals surface area (Å²) in [4.78, 5) is 23.3. The van der Waals surface area contributed by atoms with Gasteiger partial charge in [-0.1, -0.05) is 6.58 Å². The third-order valence-corrected chi connectivity index (χ3v) is 3.36. The summed E-state index contributed by atoms with van der Waals surface area (Å²) in [6.07, 6.45) is 0.547. The summed E-state index contributed by atoms with van der Waals surface area (Å²) >= 11 is 0. The molecule has 0 bridgehead atoms. The predicted molar refractivity (Wildman–Crippen MR) is 96.7 cm³/mol. The van der Waals surface area contributed by atoms with Crippen molar-refractivity contribution in [3.8, 4) is 5.75 Å². The number of anilines is 1. The first-order chi connectivity index (χ1) is 12.5. The van der Waals surface area contributed by atoms with Crippen LogP contribution >= 0.6 is 0 Å². The largest absolute Gasteiger partial charge is 0.493 e. The van der Waals surface area contributed by atoms with E-state index in [0.29, 0.717) is 35.6 Å². The zero-order chi connectivity index (χ0) is 18.9. The fraction of sp³-hybridized carbons (Fsp3) is 0.200. The number of hydrogen-bond acceptors (Lipinski definition) is 4. The van der Waals surface area contributed by atoms with E-state index in [1.54, 1.807) is 31.2 Å². The number of rotatable bonds is 8. The highest BCUT2D eigenvalue weighted by Crippen LogP contribution is 2.15. The number of esters is 1. The van der Waals surface area contributed by atoms with Crippen LogP contribution in [0.15, 0.2) is 60.7 Å². The second-order valence-electron chi connectivity index (χ2n) is 5.60. The van der Waals surface area contributed by atoms with E-state index in [9.17, 15) is 14.0 Å². The minimum absolute atomic E-state index is 0.254. The lowest BCUT2D eigenvalue weighted by Gasteiger charge is -2.08. The summed E-state index contributed by atoms with van der Waals surface area (Å²) in [5.41, 5.74) is 1.33. The summed E-state index contributed by atoms with van der Waals surface area (Å²) in [5, 5.41) is 2.68. The number of carbonyl (C=O) groups is 2. The molecule has 0 aromatic heterocycles. The first kappa shape index (κ1) is 19.2. The molecule has 2 aromatic rings. The van der Waals surface area contributed by atoms with E-state index in [2.05, 4.69) is 11.9 Å². The zero-order valence-corrected chi connectivity index (χ0v) is 14.5. The molecule has 2 rings (SSSR count). The molecule has 0 spiro atoms. The average molecular weight is 357 g/mol. The molecule has 0 atom stereocenters. The van der Waals surface area contributed by atoms with Gasteiger partial charge in [0.25, 0.3) is 5.91 Å². The van der Waals surface area contributed by atoms with Crippen LogP contribution in [0.2, 0.25) is 0 Å². The maximum atomic E-state index is 12.9. The molecular weight excluding hydrogens is 337 g/mol. The highest BCUT2D eigenvalue weighted by molar-refractivity contribution is 6.04. The summed E-state index contributed by atoms with van der Waals surface area (Å²) < 4.78 is 23.3. The van der Waals surface area contributed by atoms with Gasteiger partial charge in [0.05, 0.1) is 13.2 Å². The van der Waals surface area contributed by atoms with E-state index < -0.39 is 5.97 Å². The van der Waals surface area contributed by atoms with Gasteiger partial charge in [-0.15, -0.1) is 0 Å². The highest BCUT2D eigenvalue weighted by atomic mass is 19.1. The topological polar surface area (TPSA) is 64.6 Å². The number of nitrogens with one attached hydrogen (secondary N) is 1. The van der Waals surface area contributed by atoms with Gasteiger partial charge < -0.3 is 14.8 Å². The quantitative estimate of drug-likeness (QED) is 0.441. The standard InChI is InChI=1S/C20H20FNO4/c1-14(2)20(24)26-13-3-12-25-18-10-4-15(5-11-18)19(23)22-17-8-6-16(21)7-9-17/h4-11H,1,3,12-13H2,2H3,(H,22,23). The van der Waals surface area contributed by atoms with Gasteiger partial charge in [0.2, 0.25) is 0 Å². The normalized spacial score (nSPS) is 10.1.